The van der Waals surface area contributed by atoms with Crippen LogP contribution in [0.1, 0.15) is 11.3 Å². The molecule has 0 bridgehead atoms. The van der Waals surface area contributed by atoms with E-state index >= 15 is 0 Å². The largest absolute Gasteiger partial charge is 0.384 e. The number of nitrogens with zero attached hydrogens (tertiary/aromatic N) is 2. The lowest BCUT2D eigenvalue weighted by Gasteiger charge is -1.98. The van der Waals surface area contributed by atoms with Gasteiger partial charge in [-0.2, -0.15) is 0 Å². The number of hydrogen-bond donors (Lipinski definition) is 1. The maximum Gasteiger partial charge on any atom is 0.130 e. The summed E-state index contributed by atoms with van der Waals surface area (Å²) in [7, 11) is 0. The molecule has 0 amide bonds. The van der Waals surface area contributed by atoms with Gasteiger partial charge in [0.05, 0.1) is 4.47 Å². The average molecular weight is 324 g/mol. The van der Waals surface area contributed by atoms with Gasteiger partial charge in [0.1, 0.15) is 11.5 Å². The molecule has 1 aromatic carbocycles. The van der Waals surface area contributed by atoms with Crippen molar-refractivity contribution in [3.63, 3.8) is 0 Å². The van der Waals surface area contributed by atoms with Crippen LogP contribution in [-0.4, -0.2) is 9.97 Å². The summed E-state index contributed by atoms with van der Waals surface area (Å²) < 4.78 is 0.837. The molecule has 0 saturated heterocycles. The van der Waals surface area contributed by atoms with Crippen molar-refractivity contribution >= 4 is 32.5 Å². The summed E-state index contributed by atoms with van der Waals surface area (Å²) >= 11 is 3.41. The molecule has 96 valence electrons. The number of benzene rings is 1. The van der Waals surface area contributed by atoms with Gasteiger partial charge in [-0.25, -0.2) is 4.98 Å². The van der Waals surface area contributed by atoms with Gasteiger partial charge in [0.25, 0.3) is 0 Å². The molecule has 0 spiro atoms. The highest BCUT2D eigenvalue weighted by Gasteiger charge is 1.98. The topological polar surface area (TPSA) is 51.8 Å². The lowest BCUT2D eigenvalue weighted by molar-refractivity contribution is 1.28. The van der Waals surface area contributed by atoms with Gasteiger partial charge in [0.15, 0.2) is 0 Å². The van der Waals surface area contributed by atoms with Gasteiger partial charge in [-0.1, -0.05) is 12.0 Å². The number of halogens is 1. The molecule has 3 rings (SSSR count). The van der Waals surface area contributed by atoms with Gasteiger partial charge in [-0.05, 0) is 57.6 Å². The van der Waals surface area contributed by atoms with Crippen LogP contribution in [0.5, 0.6) is 0 Å². The Kier molecular flexibility index (Phi) is 3.36. The number of rotatable bonds is 0. The lowest BCUT2D eigenvalue weighted by atomic mass is 10.1. The molecule has 0 radical (unpaired) electrons. The third-order valence-electron chi connectivity index (χ3n) is 2.83. The summed E-state index contributed by atoms with van der Waals surface area (Å²) in [6, 6.07) is 11.6. The van der Waals surface area contributed by atoms with E-state index in [1.807, 2.05) is 36.5 Å². The van der Waals surface area contributed by atoms with Crippen molar-refractivity contribution in [1.82, 2.24) is 9.97 Å². The summed E-state index contributed by atoms with van der Waals surface area (Å²) in [5.41, 5.74) is 7.23. The Morgan fingerprint density at radius 1 is 1.00 bits per heavy atom. The molecule has 0 unspecified atom stereocenters. The molecule has 0 saturated carbocycles. The maximum absolute atomic E-state index is 5.66. The number of nitrogens with two attached hydrogens (primary N) is 1. The van der Waals surface area contributed by atoms with Crippen molar-refractivity contribution in [1.29, 1.82) is 0 Å². The number of pyridine rings is 2. The van der Waals surface area contributed by atoms with Crippen LogP contribution in [0.15, 0.2) is 53.3 Å². The molecule has 0 atom stereocenters. The highest BCUT2D eigenvalue weighted by molar-refractivity contribution is 9.10. The Hall–Kier alpha value is -2.38. The van der Waals surface area contributed by atoms with Gasteiger partial charge in [-0.15, -0.1) is 0 Å². The monoisotopic (exact) mass is 323 g/mol. The van der Waals surface area contributed by atoms with Crippen LogP contribution in [0.3, 0.4) is 0 Å². The van der Waals surface area contributed by atoms with Crippen molar-refractivity contribution in [2.75, 3.05) is 5.73 Å². The molecule has 2 N–H and O–H groups in total. The fraction of sp³-hybridized carbons (Fsp3) is 0. The number of anilines is 1. The molecular weight excluding hydrogens is 314 g/mol. The molecule has 0 fully saturated rings. The molecule has 4 heteroatoms. The van der Waals surface area contributed by atoms with E-state index in [9.17, 15) is 0 Å². The van der Waals surface area contributed by atoms with Crippen LogP contribution in [0.4, 0.5) is 5.82 Å². The first-order chi connectivity index (χ1) is 9.72. The van der Waals surface area contributed by atoms with E-state index in [-0.39, 0.29) is 0 Å². The second-order valence-electron chi connectivity index (χ2n) is 4.25. The van der Waals surface area contributed by atoms with Crippen LogP contribution >= 0.6 is 15.9 Å². The smallest absolute Gasteiger partial charge is 0.130 e. The minimum absolute atomic E-state index is 0.460. The van der Waals surface area contributed by atoms with Crippen molar-refractivity contribution in [3.05, 3.63) is 64.5 Å². The predicted molar refractivity (Wildman–Crippen MR) is 84.1 cm³/mol. The van der Waals surface area contributed by atoms with Gasteiger partial charge >= 0.3 is 0 Å². The van der Waals surface area contributed by atoms with Gasteiger partial charge in [0.2, 0.25) is 0 Å². The van der Waals surface area contributed by atoms with Crippen molar-refractivity contribution in [3.8, 4) is 11.8 Å². The van der Waals surface area contributed by atoms with Crippen molar-refractivity contribution in [2.24, 2.45) is 0 Å². The fourth-order valence-electron chi connectivity index (χ4n) is 1.84. The summed E-state index contributed by atoms with van der Waals surface area (Å²) in [4.78, 5) is 8.29. The normalized spacial score (nSPS) is 10.1. The highest BCUT2D eigenvalue weighted by atomic mass is 79.9. The zero-order chi connectivity index (χ0) is 13.9. The molecule has 0 aliphatic heterocycles. The molecule has 2 aromatic heterocycles. The zero-order valence-electron chi connectivity index (χ0n) is 10.5. The van der Waals surface area contributed by atoms with E-state index in [2.05, 4.69) is 37.7 Å². The summed E-state index contributed by atoms with van der Waals surface area (Å²) in [6.45, 7) is 0. The number of fused-ring (bicyclic) bond motifs is 1. The van der Waals surface area contributed by atoms with Crippen LogP contribution in [-0.2, 0) is 0 Å². The molecular formula is C16H10BrN3. The van der Waals surface area contributed by atoms with Crippen molar-refractivity contribution < 1.29 is 0 Å². The fourth-order valence-corrected chi connectivity index (χ4v) is 2.16. The van der Waals surface area contributed by atoms with Crippen LogP contribution < -0.4 is 5.73 Å². The standard InChI is InChI=1S/C16H10BrN3/c17-14-4-6-16(18)20-15(14)5-2-11-1-3-13-10-19-8-7-12(13)9-11/h1,3-4,6-10H,(H2,18,20). The van der Waals surface area contributed by atoms with Crippen LogP contribution in [0.25, 0.3) is 10.8 Å². The van der Waals surface area contributed by atoms with Crippen molar-refractivity contribution in [2.45, 2.75) is 0 Å². The number of hydrogen-bond acceptors (Lipinski definition) is 3. The van der Waals surface area contributed by atoms with E-state index in [0.29, 0.717) is 11.5 Å². The highest BCUT2D eigenvalue weighted by Crippen LogP contribution is 2.16. The quantitative estimate of drug-likeness (QED) is 0.645. The van der Waals surface area contributed by atoms with Crippen LogP contribution in [0.2, 0.25) is 0 Å². The zero-order valence-corrected chi connectivity index (χ0v) is 12.1. The lowest BCUT2D eigenvalue weighted by Crippen LogP contribution is -1.92. The third-order valence-corrected chi connectivity index (χ3v) is 3.47. The Morgan fingerprint density at radius 3 is 2.80 bits per heavy atom. The Balaban J connectivity index is 2.01. The van der Waals surface area contributed by atoms with E-state index in [4.69, 9.17) is 5.73 Å². The van der Waals surface area contributed by atoms with E-state index in [0.717, 1.165) is 20.8 Å². The molecule has 2 heterocycles. The second-order valence-corrected chi connectivity index (χ2v) is 5.11. The van der Waals surface area contributed by atoms with Crippen LogP contribution in [0, 0.1) is 11.8 Å². The Labute approximate surface area is 125 Å². The molecule has 20 heavy (non-hydrogen) atoms. The molecule has 0 aliphatic carbocycles. The van der Waals surface area contributed by atoms with Gasteiger partial charge < -0.3 is 5.73 Å². The first-order valence-electron chi connectivity index (χ1n) is 6.00. The van der Waals surface area contributed by atoms with E-state index in [1.165, 1.54) is 0 Å². The SMILES string of the molecule is Nc1ccc(Br)c(C#Cc2ccc3cnccc3c2)n1. The molecule has 3 nitrogen and oxygen atoms in total. The summed E-state index contributed by atoms with van der Waals surface area (Å²) in [5, 5.41) is 2.22. The Morgan fingerprint density at radius 2 is 1.90 bits per heavy atom. The Bertz CT molecular complexity index is 847. The van der Waals surface area contributed by atoms with Gasteiger partial charge in [0, 0.05) is 23.3 Å². The molecule has 0 aliphatic rings. The minimum atomic E-state index is 0.460. The number of aromatic nitrogens is 2. The van der Waals surface area contributed by atoms with Gasteiger partial charge in [-0.3, -0.25) is 4.98 Å². The average Bonchev–Trinajstić information content (AvgIpc) is 2.48. The summed E-state index contributed by atoms with van der Waals surface area (Å²) in [6.07, 6.45) is 3.61. The second kappa shape index (κ2) is 5.32. The predicted octanol–water partition coefficient (Wildman–Crippen LogP) is 3.37. The first kappa shape index (κ1) is 12.6. The van der Waals surface area contributed by atoms with E-state index < -0.39 is 0 Å². The van der Waals surface area contributed by atoms with E-state index in [1.54, 1.807) is 12.3 Å². The third kappa shape index (κ3) is 2.63. The summed E-state index contributed by atoms with van der Waals surface area (Å²) in [5.74, 6) is 6.59. The minimum Gasteiger partial charge on any atom is -0.384 e. The first-order valence-corrected chi connectivity index (χ1v) is 6.79. The molecule has 3 aromatic rings. The number of nitrogen functional groups attached to an aromatic ring is 1. The maximum atomic E-state index is 5.66.